The van der Waals surface area contributed by atoms with E-state index in [1.807, 2.05) is 43.3 Å². The number of sulfonamides is 1. The fraction of sp³-hybridized carbons (Fsp3) is 0.190. The van der Waals surface area contributed by atoms with E-state index >= 15 is 0 Å². The summed E-state index contributed by atoms with van der Waals surface area (Å²) in [6, 6.07) is 21.0. The number of fused-ring (bicyclic) bond motifs is 1. The van der Waals surface area contributed by atoms with Crippen molar-refractivity contribution < 1.29 is 8.42 Å². The van der Waals surface area contributed by atoms with Crippen LogP contribution in [0.4, 0.5) is 0 Å². The first-order chi connectivity index (χ1) is 12.5. The van der Waals surface area contributed by atoms with Gasteiger partial charge in [0.2, 0.25) is 0 Å². The lowest BCUT2D eigenvalue weighted by Gasteiger charge is -2.20. The molecular formula is C21H20N2O2S. The number of hydrogen-bond donors (Lipinski definition) is 0. The van der Waals surface area contributed by atoms with Gasteiger partial charge in [0.1, 0.15) is 5.84 Å². The van der Waals surface area contributed by atoms with Gasteiger partial charge >= 0.3 is 0 Å². The molecule has 5 heteroatoms. The average Bonchev–Trinajstić information content (AvgIpc) is 3.04. The van der Waals surface area contributed by atoms with Gasteiger partial charge in [0.05, 0.1) is 17.5 Å². The highest BCUT2D eigenvalue weighted by Crippen LogP contribution is 2.33. The van der Waals surface area contributed by atoms with Gasteiger partial charge in [-0.25, -0.2) is 8.42 Å². The van der Waals surface area contributed by atoms with Crippen molar-refractivity contribution in [1.29, 1.82) is 0 Å². The Morgan fingerprint density at radius 2 is 1.62 bits per heavy atom. The van der Waals surface area contributed by atoms with Crippen LogP contribution in [0.15, 0.2) is 76.6 Å². The molecule has 3 aromatic rings. The van der Waals surface area contributed by atoms with Crippen LogP contribution < -0.4 is 0 Å². The average molecular weight is 364 g/mol. The zero-order valence-corrected chi connectivity index (χ0v) is 15.6. The molecule has 0 spiro atoms. The second kappa shape index (κ2) is 6.25. The SMILES string of the molecule is CC1=NC(c2cccc3ccccc23)CN1S(=O)(=O)c1ccc(C)cc1. The molecule has 1 aliphatic rings. The van der Waals surface area contributed by atoms with Gasteiger partial charge in [0.25, 0.3) is 10.0 Å². The molecule has 0 saturated heterocycles. The highest BCUT2D eigenvalue weighted by atomic mass is 32.2. The lowest BCUT2D eigenvalue weighted by molar-refractivity contribution is 0.520. The minimum Gasteiger partial charge on any atom is -0.262 e. The number of amidine groups is 1. The summed E-state index contributed by atoms with van der Waals surface area (Å²) in [6.07, 6.45) is 0. The Morgan fingerprint density at radius 3 is 2.38 bits per heavy atom. The summed E-state index contributed by atoms with van der Waals surface area (Å²) < 4.78 is 27.5. The van der Waals surface area contributed by atoms with E-state index in [0.29, 0.717) is 17.3 Å². The quantitative estimate of drug-likeness (QED) is 0.695. The molecule has 0 aliphatic carbocycles. The molecule has 1 unspecified atom stereocenters. The van der Waals surface area contributed by atoms with E-state index < -0.39 is 10.0 Å². The first-order valence-corrected chi connectivity index (χ1v) is 10.0. The number of aryl methyl sites for hydroxylation is 1. The molecule has 132 valence electrons. The molecule has 0 saturated carbocycles. The monoisotopic (exact) mass is 364 g/mol. The van der Waals surface area contributed by atoms with Gasteiger partial charge in [-0.2, -0.15) is 0 Å². The van der Waals surface area contributed by atoms with E-state index in [2.05, 4.69) is 23.2 Å². The summed E-state index contributed by atoms with van der Waals surface area (Å²) in [5, 5.41) is 2.25. The van der Waals surface area contributed by atoms with Gasteiger partial charge in [-0.05, 0) is 42.3 Å². The molecule has 0 radical (unpaired) electrons. The van der Waals surface area contributed by atoms with E-state index in [9.17, 15) is 8.42 Å². The van der Waals surface area contributed by atoms with E-state index in [1.54, 1.807) is 19.1 Å². The summed E-state index contributed by atoms with van der Waals surface area (Å²) in [7, 11) is -3.60. The molecule has 0 aromatic heterocycles. The Bertz CT molecular complexity index is 1100. The molecule has 1 aliphatic heterocycles. The third-order valence-electron chi connectivity index (χ3n) is 4.83. The second-order valence-electron chi connectivity index (χ2n) is 6.61. The maximum Gasteiger partial charge on any atom is 0.265 e. The lowest BCUT2D eigenvalue weighted by atomic mass is 9.99. The van der Waals surface area contributed by atoms with Crippen LogP contribution >= 0.6 is 0 Å². The highest BCUT2D eigenvalue weighted by Gasteiger charge is 2.34. The first kappa shape index (κ1) is 16.8. The zero-order valence-electron chi connectivity index (χ0n) is 14.8. The van der Waals surface area contributed by atoms with Crippen molar-refractivity contribution in [2.75, 3.05) is 6.54 Å². The summed E-state index contributed by atoms with van der Waals surface area (Å²) in [6.45, 7) is 4.03. The van der Waals surface area contributed by atoms with Gasteiger partial charge in [0.15, 0.2) is 0 Å². The van der Waals surface area contributed by atoms with Crippen LogP contribution in [0.5, 0.6) is 0 Å². The van der Waals surface area contributed by atoms with Crippen LogP contribution in [0.2, 0.25) is 0 Å². The second-order valence-corrected chi connectivity index (χ2v) is 8.47. The minimum atomic E-state index is -3.60. The number of aliphatic imine (C=N–C) groups is 1. The summed E-state index contributed by atoms with van der Waals surface area (Å²) in [4.78, 5) is 4.97. The van der Waals surface area contributed by atoms with E-state index in [1.165, 1.54) is 4.31 Å². The van der Waals surface area contributed by atoms with Crippen LogP contribution in [-0.2, 0) is 10.0 Å². The number of hydrogen-bond acceptors (Lipinski definition) is 3. The van der Waals surface area contributed by atoms with Crippen LogP contribution in [-0.4, -0.2) is 25.1 Å². The Balaban J connectivity index is 1.71. The summed E-state index contributed by atoms with van der Waals surface area (Å²) in [5.41, 5.74) is 2.09. The molecule has 1 heterocycles. The standard InChI is InChI=1S/C21H20N2O2S/c1-15-10-12-18(13-11-15)26(24,25)23-14-21(22-16(23)2)20-9-5-7-17-6-3-4-8-19(17)20/h3-13,21H,14H2,1-2H3. The molecule has 0 N–H and O–H groups in total. The van der Waals surface area contributed by atoms with Crippen molar-refractivity contribution >= 4 is 26.6 Å². The fourth-order valence-electron chi connectivity index (χ4n) is 3.44. The molecule has 0 amide bonds. The van der Waals surface area contributed by atoms with Crippen LogP contribution in [0, 0.1) is 6.92 Å². The predicted molar refractivity (Wildman–Crippen MR) is 105 cm³/mol. The van der Waals surface area contributed by atoms with E-state index in [-0.39, 0.29) is 6.04 Å². The Labute approximate surface area is 153 Å². The molecule has 26 heavy (non-hydrogen) atoms. The van der Waals surface area contributed by atoms with Gasteiger partial charge < -0.3 is 0 Å². The largest absolute Gasteiger partial charge is 0.265 e. The third kappa shape index (κ3) is 2.78. The van der Waals surface area contributed by atoms with Crippen molar-refractivity contribution in [2.45, 2.75) is 24.8 Å². The normalized spacial score (nSPS) is 17.5. The third-order valence-corrected chi connectivity index (χ3v) is 6.70. The molecule has 4 nitrogen and oxygen atoms in total. The highest BCUT2D eigenvalue weighted by molar-refractivity contribution is 7.89. The minimum absolute atomic E-state index is 0.193. The molecule has 4 rings (SSSR count). The van der Waals surface area contributed by atoms with Gasteiger partial charge in [-0.3, -0.25) is 9.30 Å². The van der Waals surface area contributed by atoms with Gasteiger partial charge in [-0.1, -0.05) is 60.2 Å². The molecule has 1 atom stereocenters. The Kier molecular flexibility index (Phi) is 4.04. The molecule has 0 fully saturated rings. The zero-order chi connectivity index (χ0) is 18.3. The maximum absolute atomic E-state index is 13.0. The number of rotatable bonds is 3. The van der Waals surface area contributed by atoms with Crippen molar-refractivity contribution in [3.63, 3.8) is 0 Å². The first-order valence-electron chi connectivity index (χ1n) is 8.58. The number of nitrogens with zero attached hydrogens (tertiary/aromatic N) is 2. The molecule has 0 bridgehead atoms. The van der Waals surface area contributed by atoms with Gasteiger partial charge in [-0.15, -0.1) is 0 Å². The van der Waals surface area contributed by atoms with Crippen molar-refractivity contribution in [3.8, 4) is 0 Å². The van der Waals surface area contributed by atoms with Crippen LogP contribution in [0.1, 0.15) is 24.1 Å². The van der Waals surface area contributed by atoms with Crippen molar-refractivity contribution in [2.24, 2.45) is 4.99 Å². The topological polar surface area (TPSA) is 49.7 Å². The molecular weight excluding hydrogens is 344 g/mol. The predicted octanol–water partition coefficient (Wildman–Crippen LogP) is 4.31. The van der Waals surface area contributed by atoms with Crippen LogP contribution in [0.25, 0.3) is 10.8 Å². The lowest BCUT2D eigenvalue weighted by Crippen LogP contribution is -2.33. The van der Waals surface area contributed by atoms with Crippen molar-refractivity contribution in [1.82, 2.24) is 4.31 Å². The van der Waals surface area contributed by atoms with Crippen molar-refractivity contribution in [3.05, 3.63) is 77.9 Å². The van der Waals surface area contributed by atoms with E-state index in [4.69, 9.17) is 0 Å². The van der Waals surface area contributed by atoms with Crippen LogP contribution in [0.3, 0.4) is 0 Å². The van der Waals surface area contributed by atoms with E-state index in [0.717, 1.165) is 21.9 Å². The smallest absolute Gasteiger partial charge is 0.262 e. The Morgan fingerprint density at radius 1 is 0.923 bits per heavy atom. The Hall–Kier alpha value is -2.66. The fourth-order valence-corrected chi connectivity index (χ4v) is 4.91. The summed E-state index contributed by atoms with van der Waals surface area (Å²) in [5.74, 6) is 0.531. The van der Waals surface area contributed by atoms with Gasteiger partial charge in [0, 0.05) is 0 Å². The molecule has 3 aromatic carbocycles. The number of benzene rings is 3. The summed E-state index contributed by atoms with van der Waals surface area (Å²) >= 11 is 0. The maximum atomic E-state index is 13.0.